The molecular weight excluding hydrogens is 328 g/mol. The molecule has 2 rings (SSSR count). The van der Waals surface area contributed by atoms with Gasteiger partial charge in [-0.2, -0.15) is 0 Å². The number of amides is 2. The second kappa shape index (κ2) is 10.2. The van der Waals surface area contributed by atoms with E-state index in [1.54, 1.807) is 37.4 Å². The standard InChI is InChI=1S/C21H26N2O3/c1-3-4-5-8-15-26-19-10-7-6-9-18(19)21(25)23-17-13-11-16(12-14-17)20(24)22-2/h6-7,9-14H,3-5,8,15H2,1-2H3,(H,22,24)(H,23,25). The molecule has 0 aromatic heterocycles. The van der Waals surface area contributed by atoms with E-state index in [0.717, 1.165) is 12.8 Å². The summed E-state index contributed by atoms with van der Waals surface area (Å²) in [7, 11) is 1.58. The van der Waals surface area contributed by atoms with E-state index in [1.807, 2.05) is 18.2 Å². The molecule has 26 heavy (non-hydrogen) atoms. The Kier molecular flexibility index (Phi) is 7.68. The summed E-state index contributed by atoms with van der Waals surface area (Å²) in [5, 5.41) is 5.41. The van der Waals surface area contributed by atoms with Crippen LogP contribution >= 0.6 is 0 Å². The fourth-order valence-electron chi connectivity index (χ4n) is 2.54. The number of rotatable bonds is 9. The van der Waals surface area contributed by atoms with Gasteiger partial charge in [-0.25, -0.2) is 0 Å². The van der Waals surface area contributed by atoms with Gasteiger partial charge in [-0.1, -0.05) is 38.3 Å². The van der Waals surface area contributed by atoms with Crippen LogP contribution in [-0.4, -0.2) is 25.5 Å². The zero-order chi connectivity index (χ0) is 18.8. The van der Waals surface area contributed by atoms with Gasteiger partial charge in [-0.15, -0.1) is 0 Å². The van der Waals surface area contributed by atoms with E-state index < -0.39 is 0 Å². The SMILES string of the molecule is CCCCCCOc1ccccc1C(=O)Nc1ccc(C(=O)NC)cc1. The quantitative estimate of drug-likeness (QED) is 0.661. The molecule has 0 aliphatic rings. The van der Waals surface area contributed by atoms with Crippen LogP contribution in [0.2, 0.25) is 0 Å². The smallest absolute Gasteiger partial charge is 0.259 e. The number of ether oxygens (including phenoxy) is 1. The molecule has 0 radical (unpaired) electrons. The van der Waals surface area contributed by atoms with Crippen molar-refractivity contribution in [2.75, 3.05) is 19.0 Å². The molecule has 0 saturated heterocycles. The van der Waals surface area contributed by atoms with Crippen LogP contribution in [-0.2, 0) is 0 Å². The molecular formula is C21H26N2O3. The maximum atomic E-state index is 12.6. The number of hydrogen-bond donors (Lipinski definition) is 2. The molecule has 0 saturated carbocycles. The number of unbranched alkanes of at least 4 members (excludes halogenated alkanes) is 3. The number of benzene rings is 2. The summed E-state index contributed by atoms with van der Waals surface area (Å²) in [6, 6.07) is 14.0. The largest absolute Gasteiger partial charge is 0.493 e. The van der Waals surface area contributed by atoms with Crippen molar-refractivity contribution in [1.29, 1.82) is 0 Å². The highest BCUT2D eigenvalue weighted by Crippen LogP contribution is 2.20. The average molecular weight is 354 g/mol. The lowest BCUT2D eigenvalue weighted by Gasteiger charge is -2.12. The van der Waals surface area contributed by atoms with E-state index in [0.29, 0.717) is 29.2 Å². The highest BCUT2D eigenvalue weighted by Gasteiger charge is 2.12. The minimum Gasteiger partial charge on any atom is -0.493 e. The van der Waals surface area contributed by atoms with Crippen molar-refractivity contribution in [3.05, 3.63) is 59.7 Å². The predicted molar refractivity (Wildman–Crippen MR) is 104 cm³/mol. The van der Waals surface area contributed by atoms with Gasteiger partial charge in [0.15, 0.2) is 0 Å². The van der Waals surface area contributed by atoms with E-state index in [9.17, 15) is 9.59 Å². The molecule has 0 unspecified atom stereocenters. The monoisotopic (exact) mass is 354 g/mol. The van der Waals surface area contributed by atoms with Crippen molar-refractivity contribution in [3.8, 4) is 5.75 Å². The summed E-state index contributed by atoms with van der Waals surface area (Å²) in [6.45, 7) is 2.77. The maximum absolute atomic E-state index is 12.6. The van der Waals surface area contributed by atoms with E-state index >= 15 is 0 Å². The minimum atomic E-state index is -0.234. The van der Waals surface area contributed by atoms with Gasteiger partial charge in [0, 0.05) is 18.3 Å². The Hall–Kier alpha value is -2.82. The van der Waals surface area contributed by atoms with Crippen LogP contribution < -0.4 is 15.4 Å². The van der Waals surface area contributed by atoms with Crippen LogP contribution in [0.1, 0.15) is 53.3 Å². The third-order valence-corrected chi connectivity index (χ3v) is 4.02. The summed E-state index contributed by atoms with van der Waals surface area (Å²) in [5.74, 6) is 0.190. The molecule has 0 bridgehead atoms. The Morgan fingerprint density at radius 3 is 2.35 bits per heavy atom. The van der Waals surface area contributed by atoms with Gasteiger partial charge in [0.25, 0.3) is 11.8 Å². The number of anilines is 1. The Balaban J connectivity index is 1.99. The Labute approximate surface area is 154 Å². The molecule has 2 amide bonds. The Morgan fingerprint density at radius 2 is 1.65 bits per heavy atom. The number of nitrogens with one attached hydrogen (secondary N) is 2. The summed E-state index contributed by atoms with van der Waals surface area (Å²) in [6.07, 6.45) is 4.47. The lowest BCUT2D eigenvalue weighted by Crippen LogP contribution is -2.18. The van der Waals surface area contributed by atoms with Crippen LogP contribution in [0, 0.1) is 0 Å². The molecule has 0 spiro atoms. The number of para-hydroxylation sites is 1. The molecule has 0 heterocycles. The lowest BCUT2D eigenvalue weighted by molar-refractivity contribution is 0.0962. The van der Waals surface area contributed by atoms with Crippen LogP contribution in [0.3, 0.4) is 0 Å². The molecule has 2 aromatic rings. The van der Waals surface area contributed by atoms with Crippen LogP contribution in [0.25, 0.3) is 0 Å². The molecule has 5 heteroatoms. The van der Waals surface area contributed by atoms with E-state index in [-0.39, 0.29) is 11.8 Å². The third-order valence-electron chi connectivity index (χ3n) is 4.02. The van der Waals surface area contributed by atoms with Crippen LogP contribution in [0.4, 0.5) is 5.69 Å². The van der Waals surface area contributed by atoms with E-state index in [4.69, 9.17) is 4.74 Å². The van der Waals surface area contributed by atoms with Crippen molar-refractivity contribution >= 4 is 17.5 Å². The second-order valence-corrected chi connectivity index (χ2v) is 6.02. The molecule has 0 atom stereocenters. The molecule has 2 N–H and O–H groups in total. The van der Waals surface area contributed by atoms with E-state index in [1.165, 1.54) is 12.8 Å². The molecule has 0 fully saturated rings. The van der Waals surface area contributed by atoms with Gasteiger partial charge >= 0.3 is 0 Å². The normalized spacial score (nSPS) is 10.2. The fourth-order valence-corrected chi connectivity index (χ4v) is 2.54. The summed E-state index contributed by atoms with van der Waals surface area (Å²) >= 11 is 0. The number of carbonyl (C=O) groups is 2. The van der Waals surface area contributed by atoms with Gasteiger partial charge in [0.2, 0.25) is 0 Å². The first-order valence-corrected chi connectivity index (χ1v) is 9.01. The zero-order valence-corrected chi connectivity index (χ0v) is 15.4. The first-order chi connectivity index (χ1) is 12.7. The highest BCUT2D eigenvalue weighted by atomic mass is 16.5. The number of hydrogen-bond acceptors (Lipinski definition) is 3. The van der Waals surface area contributed by atoms with Crippen molar-refractivity contribution < 1.29 is 14.3 Å². The van der Waals surface area contributed by atoms with E-state index in [2.05, 4.69) is 17.6 Å². The molecule has 0 aliphatic carbocycles. The average Bonchev–Trinajstić information content (AvgIpc) is 2.68. The maximum Gasteiger partial charge on any atom is 0.259 e. The minimum absolute atomic E-state index is 0.162. The molecule has 0 aliphatic heterocycles. The van der Waals surface area contributed by atoms with Gasteiger partial charge in [0.05, 0.1) is 12.2 Å². The second-order valence-electron chi connectivity index (χ2n) is 6.02. The highest BCUT2D eigenvalue weighted by molar-refractivity contribution is 6.06. The molecule has 5 nitrogen and oxygen atoms in total. The third kappa shape index (κ3) is 5.62. The van der Waals surface area contributed by atoms with Crippen molar-refractivity contribution in [2.45, 2.75) is 32.6 Å². The Bertz CT molecular complexity index is 726. The lowest BCUT2D eigenvalue weighted by atomic mass is 10.1. The first kappa shape index (κ1) is 19.5. The summed E-state index contributed by atoms with van der Waals surface area (Å²) in [4.78, 5) is 24.1. The summed E-state index contributed by atoms with van der Waals surface area (Å²) in [5.41, 5.74) is 1.67. The van der Waals surface area contributed by atoms with Crippen molar-refractivity contribution in [3.63, 3.8) is 0 Å². The van der Waals surface area contributed by atoms with Gasteiger partial charge in [-0.3, -0.25) is 9.59 Å². The predicted octanol–water partition coefficient (Wildman–Crippen LogP) is 4.26. The first-order valence-electron chi connectivity index (χ1n) is 9.01. The van der Waals surface area contributed by atoms with Crippen molar-refractivity contribution in [2.24, 2.45) is 0 Å². The fraction of sp³-hybridized carbons (Fsp3) is 0.333. The van der Waals surface area contributed by atoms with Gasteiger partial charge < -0.3 is 15.4 Å². The zero-order valence-electron chi connectivity index (χ0n) is 15.4. The van der Waals surface area contributed by atoms with Crippen LogP contribution in [0.5, 0.6) is 5.75 Å². The molecule has 2 aromatic carbocycles. The van der Waals surface area contributed by atoms with Crippen LogP contribution in [0.15, 0.2) is 48.5 Å². The Morgan fingerprint density at radius 1 is 0.923 bits per heavy atom. The van der Waals surface area contributed by atoms with Gasteiger partial charge in [-0.05, 0) is 42.8 Å². The van der Waals surface area contributed by atoms with Gasteiger partial charge in [0.1, 0.15) is 5.75 Å². The molecule has 138 valence electrons. The number of carbonyl (C=O) groups excluding carboxylic acids is 2. The van der Waals surface area contributed by atoms with Crippen molar-refractivity contribution in [1.82, 2.24) is 5.32 Å². The summed E-state index contributed by atoms with van der Waals surface area (Å²) < 4.78 is 5.79. The topological polar surface area (TPSA) is 67.4 Å².